The molecule has 0 unspecified atom stereocenters. The van der Waals surface area contributed by atoms with Crippen LogP contribution in [0.4, 0.5) is 10.1 Å². The number of amides is 1. The lowest BCUT2D eigenvalue weighted by Crippen LogP contribution is -2.32. The largest absolute Gasteiger partial charge is 0.282 e. The molecule has 0 spiro atoms. The van der Waals surface area contributed by atoms with E-state index in [1.165, 1.54) is 12.1 Å². The van der Waals surface area contributed by atoms with E-state index in [1.54, 1.807) is 23.1 Å². The first-order chi connectivity index (χ1) is 13.5. The highest BCUT2D eigenvalue weighted by Crippen LogP contribution is 2.29. The van der Waals surface area contributed by atoms with Crippen LogP contribution in [0.15, 0.2) is 88.0 Å². The number of aliphatic imine (C=N–C) groups is 1. The van der Waals surface area contributed by atoms with Gasteiger partial charge in [0.05, 0.1) is 5.69 Å². The minimum Gasteiger partial charge on any atom is -0.266 e. The maximum atomic E-state index is 14.1. The van der Waals surface area contributed by atoms with Crippen molar-refractivity contribution in [1.29, 1.82) is 0 Å². The average molecular weight is 435 g/mol. The maximum absolute atomic E-state index is 14.1. The molecule has 1 aliphatic rings. The first-order valence-corrected chi connectivity index (χ1v) is 9.54. The van der Waals surface area contributed by atoms with Crippen LogP contribution in [-0.4, -0.2) is 11.7 Å². The molecule has 0 saturated carbocycles. The summed E-state index contributed by atoms with van der Waals surface area (Å²) in [5.41, 5.74) is 3.12. The smallest absolute Gasteiger partial charge is 0.266 e. The Morgan fingerprint density at radius 1 is 1.00 bits per heavy atom. The molecule has 3 aromatic carbocycles. The van der Waals surface area contributed by atoms with E-state index >= 15 is 0 Å². The van der Waals surface area contributed by atoms with Crippen molar-refractivity contribution in [3.8, 4) is 0 Å². The standard InChI is InChI=1S/C23H16BrFN2O/c1-15-5-4-7-17(13-15)22-26-21(14-16-6-2-3-8-20(16)25)23(28)27(22)19-11-9-18(24)10-12-19/h2-14H,1H3/b21-14+. The first-order valence-electron chi connectivity index (χ1n) is 8.75. The first kappa shape index (κ1) is 18.3. The molecule has 1 heterocycles. The summed E-state index contributed by atoms with van der Waals surface area (Å²) in [5, 5.41) is 0. The van der Waals surface area contributed by atoms with E-state index in [9.17, 15) is 9.18 Å². The molecule has 0 saturated heterocycles. The number of carbonyl (C=O) groups excluding carboxylic acids is 1. The van der Waals surface area contributed by atoms with E-state index in [0.29, 0.717) is 17.1 Å². The topological polar surface area (TPSA) is 32.7 Å². The van der Waals surface area contributed by atoms with E-state index in [-0.39, 0.29) is 11.6 Å². The van der Waals surface area contributed by atoms with Crippen LogP contribution in [0.5, 0.6) is 0 Å². The number of nitrogens with zero attached hydrogens (tertiary/aromatic N) is 2. The van der Waals surface area contributed by atoms with Gasteiger partial charge in [0.15, 0.2) is 0 Å². The number of hydrogen-bond donors (Lipinski definition) is 0. The van der Waals surface area contributed by atoms with Gasteiger partial charge in [-0.15, -0.1) is 0 Å². The minimum absolute atomic E-state index is 0.199. The Hall–Kier alpha value is -3.05. The molecule has 5 heteroatoms. The summed E-state index contributed by atoms with van der Waals surface area (Å²) in [6.07, 6.45) is 1.49. The number of halogens is 2. The van der Waals surface area contributed by atoms with Gasteiger partial charge in [-0.05, 0) is 49.4 Å². The molecule has 3 aromatic rings. The second kappa shape index (κ2) is 7.52. The number of carbonyl (C=O) groups is 1. The van der Waals surface area contributed by atoms with Gasteiger partial charge in [-0.25, -0.2) is 9.38 Å². The minimum atomic E-state index is -0.391. The Morgan fingerprint density at radius 3 is 2.46 bits per heavy atom. The lowest BCUT2D eigenvalue weighted by atomic mass is 10.1. The number of benzene rings is 3. The number of anilines is 1. The molecule has 3 nitrogen and oxygen atoms in total. The van der Waals surface area contributed by atoms with Crippen molar-refractivity contribution in [3.05, 3.63) is 105 Å². The fourth-order valence-electron chi connectivity index (χ4n) is 3.06. The van der Waals surface area contributed by atoms with Gasteiger partial charge in [0, 0.05) is 15.6 Å². The van der Waals surface area contributed by atoms with Gasteiger partial charge in [0.25, 0.3) is 5.91 Å². The predicted octanol–water partition coefficient (Wildman–Crippen LogP) is 5.73. The van der Waals surface area contributed by atoms with Crippen LogP contribution < -0.4 is 4.90 Å². The SMILES string of the molecule is Cc1cccc(C2=N/C(=C/c3ccccc3F)C(=O)N2c2ccc(Br)cc2)c1. The lowest BCUT2D eigenvalue weighted by Gasteiger charge is -2.19. The zero-order valence-electron chi connectivity index (χ0n) is 15.1. The Kier molecular flexibility index (Phi) is 4.92. The monoisotopic (exact) mass is 434 g/mol. The highest BCUT2D eigenvalue weighted by atomic mass is 79.9. The van der Waals surface area contributed by atoms with Crippen molar-refractivity contribution >= 4 is 39.4 Å². The van der Waals surface area contributed by atoms with Gasteiger partial charge in [-0.2, -0.15) is 0 Å². The van der Waals surface area contributed by atoms with E-state index in [1.807, 2.05) is 55.5 Å². The molecule has 138 valence electrons. The van der Waals surface area contributed by atoms with E-state index in [0.717, 1.165) is 15.6 Å². The van der Waals surface area contributed by atoms with Gasteiger partial charge in [0.1, 0.15) is 17.3 Å². The Bertz CT molecular complexity index is 1120. The second-order valence-corrected chi connectivity index (χ2v) is 7.39. The number of hydrogen-bond acceptors (Lipinski definition) is 2. The summed E-state index contributed by atoms with van der Waals surface area (Å²) >= 11 is 3.42. The molecule has 0 N–H and O–H groups in total. The van der Waals surface area contributed by atoms with Crippen molar-refractivity contribution < 1.29 is 9.18 Å². The molecule has 28 heavy (non-hydrogen) atoms. The third-order valence-corrected chi connectivity index (χ3v) is 4.95. The summed E-state index contributed by atoms with van der Waals surface area (Å²) < 4.78 is 15.0. The summed E-state index contributed by atoms with van der Waals surface area (Å²) in [6, 6.07) is 21.6. The van der Waals surface area contributed by atoms with Crippen molar-refractivity contribution in [3.63, 3.8) is 0 Å². The van der Waals surface area contributed by atoms with E-state index in [4.69, 9.17) is 0 Å². The molecular weight excluding hydrogens is 419 g/mol. The fraction of sp³-hybridized carbons (Fsp3) is 0.0435. The van der Waals surface area contributed by atoms with E-state index < -0.39 is 5.82 Å². The molecule has 0 fully saturated rings. The van der Waals surface area contributed by atoms with Gasteiger partial charge in [-0.3, -0.25) is 9.69 Å². The average Bonchev–Trinajstić information content (AvgIpc) is 3.01. The lowest BCUT2D eigenvalue weighted by molar-refractivity contribution is -0.113. The third-order valence-electron chi connectivity index (χ3n) is 4.42. The molecule has 1 amide bonds. The van der Waals surface area contributed by atoms with Crippen LogP contribution in [-0.2, 0) is 4.79 Å². The van der Waals surface area contributed by atoms with Crippen LogP contribution in [0.2, 0.25) is 0 Å². The highest BCUT2D eigenvalue weighted by molar-refractivity contribution is 9.10. The molecular formula is C23H16BrFN2O. The van der Waals surface area contributed by atoms with Crippen LogP contribution in [0.25, 0.3) is 6.08 Å². The number of aryl methyl sites for hydroxylation is 1. The summed E-state index contributed by atoms with van der Waals surface area (Å²) in [6.45, 7) is 1.99. The number of rotatable bonds is 3. The third kappa shape index (κ3) is 3.53. The zero-order valence-corrected chi connectivity index (χ0v) is 16.7. The molecule has 0 aromatic heterocycles. The van der Waals surface area contributed by atoms with Crippen molar-refractivity contribution in [2.75, 3.05) is 4.90 Å². The molecule has 0 aliphatic carbocycles. The van der Waals surface area contributed by atoms with E-state index in [2.05, 4.69) is 20.9 Å². The Balaban J connectivity index is 1.85. The summed E-state index contributed by atoms with van der Waals surface area (Å²) in [4.78, 5) is 19.3. The van der Waals surface area contributed by atoms with Crippen LogP contribution in [0.1, 0.15) is 16.7 Å². The summed E-state index contributed by atoms with van der Waals surface area (Å²) in [7, 11) is 0. The van der Waals surface area contributed by atoms with Crippen molar-refractivity contribution in [2.24, 2.45) is 4.99 Å². The summed E-state index contributed by atoms with van der Waals surface area (Å²) in [5.74, 6) is -0.155. The maximum Gasteiger partial charge on any atom is 0.282 e. The van der Waals surface area contributed by atoms with Crippen LogP contribution in [0, 0.1) is 12.7 Å². The quantitative estimate of drug-likeness (QED) is 0.484. The Morgan fingerprint density at radius 2 is 1.75 bits per heavy atom. The van der Waals surface area contributed by atoms with Gasteiger partial charge >= 0.3 is 0 Å². The second-order valence-electron chi connectivity index (χ2n) is 6.47. The van der Waals surface area contributed by atoms with Crippen molar-refractivity contribution in [2.45, 2.75) is 6.92 Å². The van der Waals surface area contributed by atoms with Crippen LogP contribution in [0.3, 0.4) is 0 Å². The molecule has 0 bridgehead atoms. The van der Waals surface area contributed by atoms with Gasteiger partial charge in [-0.1, -0.05) is 57.9 Å². The van der Waals surface area contributed by atoms with Crippen molar-refractivity contribution in [1.82, 2.24) is 0 Å². The molecule has 1 aliphatic heterocycles. The highest BCUT2D eigenvalue weighted by Gasteiger charge is 2.32. The zero-order chi connectivity index (χ0) is 19.7. The van der Waals surface area contributed by atoms with Gasteiger partial charge in [0.2, 0.25) is 0 Å². The fourth-order valence-corrected chi connectivity index (χ4v) is 3.33. The van der Waals surface area contributed by atoms with Gasteiger partial charge < -0.3 is 0 Å². The molecule has 0 atom stereocenters. The number of amidine groups is 1. The van der Waals surface area contributed by atoms with Crippen LogP contribution >= 0.6 is 15.9 Å². The Labute approximate surface area is 171 Å². The molecule has 0 radical (unpaired) electrons. The molecule has 4 rings (SSSR count). The normalized spacial score (nSPS) is 15.2. The predicted molar refractivity (Wildman–Crippen MR) is 114 cm³/mol.